The zero-order valence-electron chi connectivity index (χ0n) is 15.4. The van der Waals surface area contributed by atoms with E-state index in [1.165, 1.54) is 23.3 Å². The Hall–Kier alpha value is -3.35. The third-order valence-corrected chi connectivity index (χ3v) is 4.95. The lowest BCUT2D eigenvalue weighted by Gasteiger charge is -2.30. The third-order valence-electron chi connectivity index (χ3n) is 4.95. The molecule has 29 heavy (non-hydrogen) atoms. The molecule has 1 aliphatic heterocycles. The highest BCUT2D eigenvalue weighted by molar-refractivity contribution is 6.02. The van der Waals surface area contributed by atoms with E-state index in [1.54, 1.807) is 12.3 Å². The first kappa shape index (κ1) is 19.0. The number of nitrogens with one attached hydrogen (secondary N) is 1. The molecule has 0 atom stereocenters. The number of alkyl halides is 3. The second-order valence-electron chi connectivity index (χ2n) is 6.87. The summed E-state index contributed by atoms with van der Waals surface area (Å²) in [5.41, 5.74) is 3.27. The summed E-state index contributed by atoms with van der Waals surface area (Å²) in [5, 5.41) is 2.57. The minimum Gasteiger partial charge on any atom is -0.366 e. The third kappa shape index (κ3) is 4.23. The molecule has 0 fully saturated rings. The van der Waals surface area contributed by atoms with E-state index in [0.29, 0.717) is 0 Å². The van der Waals surface area contributed by atoms with Gasteiger partial charge in [-0.15, -0.1) is 0 Å². The van der Waals surface area contributed by atoms with Crippen molar-refractivity contribution in [2.24, 2.45) is 0 Å². The fraction of sp³-hybridized carbons (Fsp3) is 0.182. The van der Waals surface area contributed by atoms with Crippen molar-refractivity contribution in [1.29, 1.82) is 0 Å². The standard InChI is InChI=1S/C22H18F3N3O/c23-22(24,25)17-5-7-18(8-6-17)27-21(29)20-10-9-19(13-26-20)28-12-11-15-3-1-2-4-16(15)14-28/h1-10,13H,11-12,14H2,(H,27,29). The molecule has 7 heteroatoms. The fourth-order valence-corrected chi connectivity index (χ4v) is 3.36. The van der Waals surface area contributed by atoms with Crippen molar-refractivity contribution >= 4 is 17.3 Å². The number of halogens is 3. The summed E-state index contributed by atoms with van der Waals surface area (Å²) in [7, 11) is 0. The fourth-order valence-electron chi connectivity index (χ4n) is 3.36. The molecule has 148 valence electrons. The van der Waals surface area contributed by atoms with E-state index >= 15 is 0 Å². The van der Waals surface area contributed by atoms with E-state index < -0.39 is 17.6 Å². The van der Waals surface area contributed by atoms with Gasteiger partial charge in [-0.25, -0.2) is 4.98 Å². The highest BCUT2D eigenvalue weighted by Gasteiger charge is 2.30. The lowest BCUT2D eigenvalue weighted by atomic mass is 10.00. The van der Waals surface area contributed by atoms with E-state index in [4.69, 9.17) is 0 Å². The molecule has 0 bridgehead atoms. The Morgan fingerprint density at radius 2 is 1.69 bits per heavy atom. The Kier molecular flexibility index (Phi) is 4.96. The predicted molar refractivity (Wildman–Crippen MR) is 105 cm³/mol. The van der Waals surface area contributed by atoms with Gasteiger partial charge in [-0.3, -0.25) is 4.79 Å². The van der Waals surface area contributed by atoms with Crippen LogP contribution in [0.5, 0.6) is 0 Å². The number of carbonyl (C=O) groups excluding carboxylic acids is 1. The van der Waals surface area contributed by atoms with Gasteiger partial charge in [-0.1, -0.05) is 24.3 Å². The smallest absolute Gasteiger partial charge is 0.366 e. The first-order valence-electron chi connectivity index (χ1n) is 9.16. The monoisotopic (exact) mass is 397 g/mol. The maximum Gasteiger partial charge on any atom is 0.416 e. The molecule has 4 rings (SSSR count). The van der Waals surface area contributed by atoms with Crippen LogP contribution in [0.1, 0.15) is 27.2 Å². The van der Waals surface area contributed by atoms with Gasteiger partial charge in [0.2, 0.25) is 0 Å². The van der Waals surface area contributed by atoms with Crippen LogP contribution in [-0.4, -0.2) is 17.4 Å². The number of rotatable bonds is 3. The molecule has 0 unspecified atom stereocenters. The summed E-state index contributed by atoms with van der Waals surface area (Å²) in [6, 6.07) is 16.1. The first-order valence-corrected chi connectivity index (χ1v) is 9.16. The number of aromatic nitrogens is 1. The molecule has 0 aliphatic carbocycles. The molecule has 0 radical (unpaired) electrons. The number of benzene rings is 2. The number of fused-ring (bicyclic) bond motifs is 1. The van der Waals surface area contributed by atoms with E-state index in [1.807, 2.05) is 18.2 Å². The van der Waals surface area contributed by atoms with Crippen LogP contribution in [0.2, 0.25) is 0 Å². The summed E-state index contributed by atoms with van der Waals surface area (Å²) < 4.78 is 37.9. The zero-order valence-corrected chi connectivity index (χ0v) is 15.4. The Bertz CT molecular complexity index is 1010. The van der Waals surface area contributed by atoms with Crippen molar-refractivity contribution in [1.82, 2.24) is 4.98 Å². The van der Waals surface area contributed by atoms with Crippen molar-refractivity contribution in [2.45, 2.75) is 19.1 Å². The second kappa shape index (κ2) is 7.58. The zero-order chi connectivity index (χ0) is 20.4. The van der Waals surface area contributed by atoms with Crippen molar-refractivity contribution in [3.05, 3.63) is 89.2 Å². The highest BCUT2D eigenvalue weighted by Crippen LogP contribution is 2.30. The number of nitrogens with zero attached hydrogens (tertiary/aromatic N) is 2. The second-order valence-corrected chi connectivity index (χ2v) is 6.87. The van der Waals surface area contributed by atoms with Gasteiger partial charge in [-0.2, -0.15) is 13.2 Å². The molecule has 1 N–H and O–H groups in total. The maximum absolute atomic E-state index is 12.6. The van der Waals surface area contributed by atoms with Gasteiger partial charge in [-0.05, 0) is 53.9 Å². The number of amides is 1. The van der Waals surface area contributed by atoms with Gasteiger partial charge in [0.25, 0.3) is 5.91 Å². The maximum atomic E-state index is 12.6. The average molecular weight is 397 g/mol. The Labute approximate surface area is 166 Å². The van der Waals surface area contributed by atoms with E-state index in [9.17, 15) is 18.0 Å². The summed E-state index contributed by atoms with van der Waals surface area (Å²) >= 11 is 0. The minimum absolute atomic E-state index is 0.200. The minimum atomic E-state index is -4.41. The molecule has 4 nitrogen and oxygen atoms in total. The SMILES string of the molecule is O=C(Nc1ccc(C(F)(F)F)cc1)c1ccc(N2CCc3ccccc3C2)cn1. The summed E-state index contributed by atoms with van der Waals surface area (Å²) in [6.07, 6.45) is -1.81. The van der Waals surface area contributed by atoms with E-state index in [-0.39, 0.29) is 11.4 Å². The summed E-state index contributed by atoms with van der Waals surface area (Å²) in [4.78, 5) is 18.8. The average Bonchev–Trinajstić information content (AvgIpc) is 2.73. The van der Waals surface area contributed by atoms with Crippen LogP contribution >= 0.6 is 0 Å². The molecule has 1 aliphatic rings. The van der Waals surface area contributed by atoms with Gasteiger partial charge in [0.1, 0.15) is 5.69 Å². The van der Waals surface area contributed by atoms with Crippen LogP contribution in [0.15, 0.2) is 66.9 Å². The van der Waals surface area contributed by atoms with Crippen LogP contribution in [0, 0.1) is 0 Å². The van der Waals surface area contributed by atoms with E-state index in [2.05, 4.69) is 27.3 Å². The largest absolute Gasteiger partial charge is 0.416 e. The Morgan fingerprint density at radius 1 is 0.966 bits per heavy atom. The molecule has 2 heterocycles. The lowest BCUT2D eigenvalue weighted by Crippen LogP contribution is -2.30. The van der Waals surface area contributed by atoms with Crippen LogP contribution in [0.4, 0.5) is 24.5 Å². The molecule has 1 aromatic heterocycles. The number of hydrogen-bond acceptors (Lipinski definition) is 3. The molecule has 1 amide bonds. The van der Waals surface area contributed by atoms with Crippen LogP contribution in [0.3, 0.4) is 0 Å². The number of carbonyl (C=O) groups is 1. The Balaban J connectivity index is 1.42. The van der Waals surface area contributed by atoms with Crippen molar-refractivity contribution < 1.29 is 18.0 Å². The normalized spacial score (nSPS) is 13.7. The van der Waals surface area contributed by atoms with E-state index in [0.717, 1.165) is 37.3 Å². The first-order chi connectivity index (χ1) is 13.9. The summed E-state index contributed by atoms with van der Waals surface area (Å²) in [6.45, 7) is 1.66. The predicted octanol–water partition coefficient (Wildman–Crippen LogP) is 4.92. The van der Waals surface area contributed by atoms with Crippen molar-refractivity contribution in [3.8, 4) is 0 Å². The highest BCUT2D eigenvalue weighted by atomic mass is 19.4. The van der Waals surface area contributed by atoms with Crippen molar-refractivity contribution in [2.75, 3.05) is 16.8 Å². The number of hydrogen-bond donors (Lipinski definition) is 1. The topological polar surface area (TPSA) is 45.2 Å². The van der Waals surface area contributed by atoms with Crippen LogP contribution in [-0.2, 0) is 19.1 Å². The molecular formula is C22H18F3N3O. The van der Waals surface area contributed by atoms with Gasteiger partial charge >= 0.3 is 6.18 Å². The van der Waals surface area contributed by atoms with Crippen molar-refractivity contribution in [3.63, 3.8) is 0 Å². The van der Waals surface area contributed by atoms with Gasteiger partial charge in [0.05, 0.1) is 17.4 Å². The molecule has 2 aromatic carbocycles. The quantitative estimate of drug-likeness (QED) is 0.683. The molecular weight excluding hydrogens is 379 g/mol. The van der Waals surface area contributed by atoms with Crippen LogP contribution in [0.25, 0.3) is 0 Å². The Morgan fingerprint density at radius 3 is 2.34 bits per heavy atom. The molecule has 3 aromatic rings. The van der Waals surface area contributed by atoms with Gasteiger partial charge in [0.15, 0.2) is 0 Å². The van der Waals surface area contributed by atoms with Gasteiger partial charge in [0, 0.05) is 18.8 Å². The lowest BCUT2D eigenvalue weighted by molar-refractivity contribution is -0.137. The van der Waals surface area contributed by atoms with Crippen LogP contribution < -0.4 is 10.2 Å². The summed E-state index contributed by atoms with van der Waals surface area (Å²) in [5.74, 6) is -0.472. The molecule has 0 spiro atoms. The molecule has 0 saturated carbocycles. The van der Waals surface area contributed by atoms with Gasteiger partial charge < -0.3 is 10.2 Å². The molecule has 0 saturated heterocycles. The number of pyridine rings is 1. The number of anilines is 2.